The molecule has 1 aliphatic rings. The van der Waals surface area contributed by atoms with E-state index in [1.165, 1.54) is 32.1 Å². The second-order valence-corrected chi connectivity index (χ2v) is 16.9. The van der Waals surface area contributed by atoms with Crippen molar-refractivity contribution >= 4 is 53.6 Å². The van der Waals surface area contributed by atoms with Crippen molar-refractivity contribution in [1.82, 2.24) is 10.6 Å². The van der Waals surface area contributed by atoms with Crippen LogP contribution in [0.1, 0.15) is 41.6 Å². The number of amides is 1. The molecule has 0 spiro atoms. The topological polar surface area (TPSA) is 41.1 Å². The highest BCUT2D eigenvalue weighted by molar-refractivity contribution is 7.80. The minimum atomic E-state index is -0.894. The molecule has 0 bridgehead atoms. The van der Waals surface area contributed by atoms with Gasteiger partial charge in [0.25, 0.3) is 5.91 Å². The predicted octanol–water partition coefficient (Wildman–Crippen LogP) is 7.03. The Morgan fingerprint density at radius 3 is 1.43 bits per heavy atom. The zero-order chi connectivity index (χ0) is 33.3. The van der Waals surface area contributed by atoms with E-state index in [0.717, 1.165) is 43.1 Å². The second kappa shape index (κ2) is 16.3. The summed E-state index contributed by atoms with van der Waals surface area (Å²) in [6.07, 6.45) is 4.30. The number of rotatable bonds is 11. The van der Waals surface area contributed by atoms with Crippen LogP contribution in [-0.2, 0) is 6.54 Å². The summed E-state index contributed by atoms with van der Waals surface area (Å²) < 4.78 is 0. The zero-order valence-corrected chi connectivity index (χ0v) is 29.4. The van der Waals surface area contributed by atoms with E-state index < -0.39 is 15.8 Å². The molecule has 0 heterocycles. The lowest BCUT2D eigenvalue weighted by Crippen LogP contribution is -2.52. The van der Waals surface area contributed by atoms with Gasteiger partial charge in [0.2, 0.25) is 0 Å². The van der Waals surface area contributed by atoms with E-state index in [-0.39, 0.29) is 18.0 Å². The molecule has 1 saturated carbocycles. The molecule has 0 aliphatic heterocycles. The van der Waals surface area contributed by atoms with Gasteiger partial charge < -0.3 is 10.6 Å². The Morgan fingerprint density at radius 2 is 0.898 bits per heavy atom. The van der Waals surface area contributed by atoms with Gasteiger partial charge in [-0.3, -0.25) is 4.79 Å². The van der Waals surface area contributed by atoms with Crippen LogP contribution in [0.5, 0.6) is 0 Å². The fraction of sp³-hybridized carbons (Fsp3) is 0.159. The number of carbonyl (C=O) groups excluding carboxylic acids is 1. The third kappa shape index (κ3) is 7.92. The van der Waals surface area contributed by atoms with Gasteiger partial charge in [-0.1, -0.05) is 177 Å². The van der Waals surface area contributed by atoms with Gasteiger partial charge in [0.15, 0.2) is 0 Å². The van der Waals surface area contributed by atoms with Crippen LogP contribution in [0.25, 0.3) is 0 Å². The molecule has 6 aromatic carbocycles. The number of carbonyl (C=O) groups is 1. The largest absolute Gasteiger partial charge is 0.348 e. The van der Waals surface area contributed by atoms with E-state index in [1.54, 1.807) is 0 Å². The Balaban J connectivity index is 1.13. The normalized spacial score (nSPS) is 16.0. The van der Waals surface area contributed by atoms with E-state index in [4.69, 9.17) is 0 Å². The van der Waals surface area contributed by atoms with Crippen molar-refractivity contribution in [3.8, 4) is 0 Å². The van der Waals surface area contributed by atoms with Crippen molar-refractivity contribution < 1.29 is 4.79 Å². The second-order valence-electron chi connectivity index (χ2n) is 12.5. The average Bonchev–Trinajstić information content (AvgIpc) is 3.17. The van der Waals surface area contributed by atoms with E-state index >= 15 is 0 Å². The van der Waals surface area contributed by atoms with Gasteiger partial charge in [0.1, 0.15) is 0 Å². The summed E-state index contributed by atoms with van der Waals surface area (Å²) in [6.45, 7) is 0.760. The third-order valence-corrected chi connectivity index (χ3v) is 14.4. The highest BCUT2D eigenvalue weighted by Crippen LogP contribution is 2.35. The molecular weight excluding hydrogens is 634 g/mol. The maximum atomic E-state index is 14.3. The van der Waals surface area contributed by atoms with Crippen LogP contribution in [-0.4, -0.2) is 18.0 Å². The molecule has 7 rings (SSSR count). The van der Waals surface area contributed by atoms with Crippen molar-refractivity contribution in [2.45, 2.75) is 44.3 Å². The summed E-state index contributed by atoms with van der Waals surface area (Å²) in [6, 6.07) is 60.4. The van der Waals surface area contributed by atoms with Gasteiger partial charge in [-0.2, -0.15) is 0 Å². The summed E-state index contributed by atoms with van der Waals surface area (Å²) in [7, 11) is -1.60. The van der Waals surface area contributed by atoms with Gasteiger partial charge in [0.05, 0.1) is 0 Å². The fourth-order valence-corrected chi connectivity index (χ4v) is 11.9. The first-order chi connectivity index (χ1) is 24.3. The lowest BCUT2D eigenvalue weighted by Gasteiger charge is -2.34. The van der Waals surface area contributed by atoms with E-state index in [1.807, 2.05) is 12.1 Å². The highest BCUT2D eigenvalue weighted by Gasteiger charge is 2.29. The summed E-state index contributed by atoms with van der Waals surface area (Å²) >= 11 is 0. The maximum Gasteiger partial charge on any atom is 0.252 e. The molecule has 0 radical (unpaired) electrons. The molecule has 3 nitrogen and oxygen atoms in total. The van der Waals surface area contributed by atoms with Crippen LogP contribution >= 0.6 is 15.8 Å². The lowest BCUT2D eigenvalue weighted by atomic mass is 9.90. The molecular formula is C44H42N2OP2. The predicted molar refractivity (Wildman–Crippen MR) is 211 cm³/mol. The van der Waals surface area contributed by atoms with Crippen molar-refractivity contribution in [2.24, 2.45) is 0 Å². The molecule has 2 atom stereocenters. The molecule has 2 N–H and O–H groups in total. The molecule has 2 unspecified atom stereocenters. The molecule has 1 fully saturated rings. The molecule has 244 valence electrons. The van der Waals surface area contributed by atoms with Crippen molar-refractivity contribution in [3.05, 3.63) is 181 Å². The number of hydrogen-bond acceptors (Lipinski definition) is 2. The fourth-order valence-electron chi connectivity index (χ4n) is 6.94. The van der Waals surface area contributed by atoms with Gasteiger partial charge in [-0.25, -0.2) is 0 Å². The summed E-state index contributed by atoms with van der Waals surface area (Å²) in [5.74, 6) is 0.0192. The lowest BCUT2D eigenvalue weighted by molar-refractivity contribution is 0.0916. The third-order valence-electron chi connectivity index (χ3n) is 9.32. The first-order valence-electron chi connectivity index (χ1n) is 17.3. The Labute approximate surface area is 293 Å². The SMILES string of the molecule is O=C(NC1CCCCC1NCc1ccccc1P(c1ccccc1)c1ccccc1)c1ccccc1P(c1ccccc1)c1ccccc1. The molecule has 1 amide bonds. The van der Waals surface area contributed by atoms with Crippen molar-refractivity contribution in [3.63, 3.8) is 0 Å². The first kappa shape index (κ1) is 33.1. The molecule has 6 aromatic rings. The van der Waals surface area contributed by atoms with Crippen molar-refractivity contribution in [1.29, 1.82) is 0 Å². The van der Waals surface area contributed by atoms with Gasteiger partial charge >= 0.3 is 0 Å². The van der Waals surface area contributed by atoms with Crippen LogP contribution < -0.4 is 42.5 Å². The van der Waals surface area contributed by atoms with Crippen LogP contribution in [0.3, 0.4) is 0 Å². The molecule has 0 aromatic heterocycles. The molecule has 1 aliphatic carbocycles. The summed E-state index contributed by atoms with van der Waals surface area (Å²) in [5, 5.41) is 15.1. The monoisotopic (exact) mass is 676 g/mol. The summed E-state index contributed by atoms with van der Waals surface area (Å²) in [5.41, 5.74) is 2.09. The Bertz CT molecular complexity index is 1860. The first-order valence-corrected chi connectivity index (χ1v) is 20.0. The number of benzene rings is 6. The minimum absolute atomic E-state index is 0.0192. The Morgan fingerprint density at radius 1 is 0.490 bits per heavy atom. The number of hydrogen-bond donors (Lipinski definition) is 2. The van der Waals surface area contributed by atoms with Gasteiger partial charge in [0, 0.05) is 24.2 Å². The standard InChI is InChI=1S/C44H42N2OP2/c47-44(39-28-14-18-32-43(39)49(37-24-9-3-10-25-37)38-26-11-4-12-27-38)46-41-30-16-15-29-40(41)45-33-34-19-13-17-31-42(34)48(35-20-5-1-6-21-35)36-22-7-2-8-23-36/h1-14,17-28,31-32,40-41,45H,15-16,29-30,33H2,(H,46,47). The minimum Gasteiger partial charge on any atom is -0.348 e. The van der Waals surface area contributed by atoms with E-state index in [2.05, 4.69) is 168 Å². The van der Waals surface area contributed by atoms with Crippen LogP contribution in [0.2, 0.25) is 0 Å². The van der Waals surface area contributed by atoms with E-state index in [0.29, 0.717) is 0 Å². The van der Waals surface area contributed by atoms with Crippen LogP contribution in [0, 0.1) is 0 Å². The van der Waals surface area contributed by atoms with Gasteiger partial charge in [-0.05, 0) is 72.1 Å². The Hall–Kier alpha value is -4.39. The highest BCUT2D eigenvalue weighted by atomic mass is 31.1. The summed E-state index contributed by atoms with van der Waals surface area (Å²) in [4.78, 5) is 14.3. The van der Waals surface area contributed by atoms with Crippen molar-refractivity contribution in [2.75, 3.05) is 0 Å². The molecule has 5 heteroatoms. The molecule has 0 saturated heterocycles. The maximum absolute atomic E-state index is 14.3. The zero-order valence-electron chi connectivity index (χ0n) is 27.7. The van der Waals surface area contributed by atoms with Crippen LogP contribution in [0.4, 0.5) is 0 Å². The Kier molecular flexibility index (Phi) is 11.0. The smallest absolute Gasteiger partial charge is 0.252 e. The van der Waals surface area contributed by atoms with E-state index in [9.17, 15) is 4.79 Å². The quantitative estimate of drug-likeness (QED) is 0.145. The van der Waals surface area contributed by atoms with Gasteiger partial charge in [-0.15, -0.1) is 0 Å². The number of nitrogens with one attached hydrogen (secondary N) is 2. The van der Waals surface area contributed by atoms with Crippen LogP contribution in [0.15, 0.2) is 170 Å². The average molecular weight is 677 g/mol. The molecule has 49 heavy (non-hydrogen) atoms.